The highest BCUT2D eigenvalue weighted by Crippen LogP contribution is 2.22. The number of hydrogen-bond acceptors (Lipinski definition) is 2. The second-order valence-corrected chi connectivity index (χ2v) is 6.47. The van der Waals surface area contributed by atoms with E-state index in [1.807, 2.05) is 24.3 Å². The second kappa shape index (κ2) is 7.39. The molecule has 4 heteroatoms. The van der Waals surface area contributed by atoms with E-state index >= 15 is 0 Å². The molecule has 0 aliphatic carbocycles. The second-order valence-electron chi connectivity index (χ2n) is 6.47. The number of benzene rings is 2. The Labute approximate surface area is 140 Å². The van der Waals surface area contributed by atoms with Crippen molar-refractivity contribution in [3.05, 3.63) is 71.3 Å². The zero-order valence-corrected chi connectivity index (χ0v) is 13.9. The molecular weight excluding hydrogens is 310 g/mol. The van der Waals surface area contributed by atoms with Crippen molar-refractivity contribution in [2.75, 3.05) is 0 Å². The Morgan fingerprint density at radius 1 is 1.00 bits per heavy atom. The Balaban J connectivity index is 2.04. The molecule has 0 aliphatic heterocycles. The third kappa shape index (κ3) is 5.01. The summed E-state index contributed by atoms with van der Waals surface area (Å²) in [7, 11) is 0. The third-order valence-corrected chi connectivity index (χ3v) is 3.57. The van der Waals surface area contributed by atoms with E-state index in [0.717, 1.165) is 5.56 Å². The molecule has 0 saturated carbocycles. The number of hydrogen-bond donors (Lipinski definition) is 0. The van der Waals surface area contributed by atoms with Crippen molar-refractivity contribution < 1.29 is 18.3 Å². The van der Waals surface area contributed by atoms with Gasteiger partial charge in [0.15, 0.2) is 5.78 Å². The van der Waals surface area contributed by atoms with Crippen LogP contribution in [0.15, 0.2) is 54.6 Å². The lowest BCUT2D eigenvalue weighted by molar-refractivity contribution is -0.0498. The maximum atomic E-state index is 12.1. The predicted molar refractivity (Wildman–Crippen MR) is 91.6 cm³/mol. The van der Waals surface area contributed by atoms with Crippen molar-refractivity contribution in [1.29, 1.82) is 0 Å². The molecule has 0 bridgehead atoms. The van der Waals surface area contributed by atoms with E-state index in [9.17, 15) is 13.6 Å². The Morgan fingerprint density at radius 2 is 1.58 bits per heavy atom. The average Bonchev–Trinajstić information content (AvgIpc) is 2.52. The van der Waals surface area contributed by atoms with Gasteiger partial charge in [-0.3, -0.25) is 4.79 Å². The van der Waals surface area contributed by atoms with Crippen LogP contribution in [-0.2, 0) is 5.41 Å². The number of ether oxygens (including phenoxy) is 1. The van der Waals surface area contributed by atoms with Gasteiger partial charge < -0.3 is 4.74 Å². The van der Waals surface area contributed by atoms with Crippen LogP contribution in [-0.4, -0.2) is 12.4 Å². The number of alkyl halides is 2. The van der Waals surface area contributed by atoms with Gasteiger partial charge in [-0.05, 0) is 46.9 Å². The minimum atomic E-state index is -2.87. The molecular formula is C20H20F2O2. The topological polar surface area (TPSA) is 26.3 Å². The molecule has 0 aromatic heterocycles. The van der Waals surface area contributed by atoms with Crippen LogP contribution in [0.5, 0.6) is 5.75 Å². The van der Waals surface area contributed by atoms with Gasteiger partial charge in [0.05, 0.1) is 0 Å². The van der Waals surface area contributed by atoms with E-state index in [0.29, 0.717) is 5.56 Å². The van der Waals surface area contributed by atoms with Crippen LogP contribution in [0, 0.1) is 0 Å². The molecule has 2 aromatic rings. The number of ketones is 1. The van der Waals surface area contributed by atoms with Gasteiger partial charge in [-0.15, -0.1) is 0 Å². The van der Waals surface area contributed by atoms with Gasteiger partial charge in [0.2, 0.25) is 0 Å². The maximum absolute atomic E-state index is 12.1. The molecule has 0 spiro atoms. The summed E-state index contributed by atoms with van der Waals surface area (Å²) in [4.78, 5) is 12.1. The van der Waals surface area contributed by atoms with E-state index in [1.165, 1.54) is 35.9 Å². The van der Waals surface area contributed by atoms with Gasteiger partial charge in [0, 0.05) is 5.56 Å². The van der Waals surface area contributed by atoms with Crippen molar-refractivity contribution in [1.82, 2.24) is 0 Å². The Bertz CT molecular complexity index is 709. The van der Waals surface area contributed by atoms with Crippen LogP contribution in [0.25, 0.3) is 6.08 Å². The number of rotatable bonds is 5. The summed E-state index contributed by atoms with van der Waals surface area (Å²) in [6.45, 7) is 3.55. The van der Waals surface area contributed by atoms with E-state index < -0.39 is 6.61 Å². The summed E-state index contributed by atoms with van der Waals surface area (Å²) in [5.74, 6) is -0.165. The van der Waals surface area contributed by atoms with Gasteiger partial charge in [-0.25, -0.2) is 0 Å². The Kier molecular flexibility index (Phi) is 5.50. The molecule has 0 fully saturated rings. The fourth-order valence-electron chi connectivity index (χ4n) is 2.16. The van der Waals surface area contributed by atoms with Crippen LogP contribution in [0.4, 0.5) is 8.78 Å². The smallest absolute Gasteiger partial charge is 0.387 e. The van der Waals surface area contributed by atoms with Crippen molar-refractivity contribution in [2.24, 2.45) is 0 Å². The van der Waals surface area contributed by atoms with Gasteiger partial charge >= 0.3 is 6.61 Å². The minimum absolute atomic E-state index is 0.0308. The molecule has 0 unspecified atom stereocenters. The Morgan fingerprint density at radius 3 is 2.08 bits per heavy atom. The molecule has 0 aliphatic rings. The highest BCUT2D eigenvalue weighted by atomic mass is 19.3. The largest absolute Gasteiger partial charge is 0.435 e. The minimum Gasteiger partial charge on any atom is -0.435 e. The third-order valence-electron chi connectivity index (χ3n) is 3.57. The van der Waals surface area contributed by atoms with Crippen LogP contribution in [0.3, 0.4) is 0 Å². The maximum Gasteiger partial charge on any atom is 0.387 e. The molecule has 0 saturated heterocycles. The molecule has 0 amide bonds. The lowest BCUT2D eigenvalue weighted by Gasteiger charge is -2.18. The SMILES string of the molecule is CC(C)(C)c1ccc(/C=C/C(=O)c2ccc(OC(F)F)cc2)cc1. The van der Waals surface area contributed by atoms with Crippen molar-refractivity contribution in [2.45, 2.75) is 32.8 Å². The summed E-state index contributed by atoms with van der Waals surface area (Å²) in [5.41, 5.74) is 2.65. The summed E-state index contributed by atoms with van der Waals surface area (Å²) in [6, 6.07) is 13.6. The lowest BCUT2D eigenvalue weighted by Crippen LogP contribution is -2.10. The van der Waals surface area contributed by atoms with Crippen LogP contribution < -0.4 is 4.74 Å². The summed E-state index contributed by atoms with van der Waals surface area (Å²) in [6.07, 6.45) is 3.20. The number of carbonyl (C=O) groups is 1. The van der Waals surface area contributed by atoms with Crippen LogP contribution >= 0.6 is 0 Å². The summed E-state index contributed by atoms with van der Waals surface area (Å²) in [5, 5.41) is 0. The van der Waals surface area contributed by atoms with Crippen LogP contribution in [0.2, 0.25) is 0 Å². The van der Waals surface area contributed by atoms with E-state index in [1.54, 1.807) is 6.08 Å². The predicted octanol–water partition coefficient (Wildman–Crippen LogP) is 5.48. The van der Waals surface area contributed by atoms with Gasteiger partial charge in [0.1, 0.15) is 5.75 Å². The Hall–Kier alpha value is -2.49. The highest BCUT2D eigenvalue weighted by molar-refractivity contribution is 6.06. The molecule has 126 valence electrons. The molecule has 0 radical (unpaired) electrons. The van der Waals surface area contributed by atoms with Crippen LogP contribution in [0.1, 0.15) is 42.3 Å². The fourth-order valence-corrected chi connectivity index (χ4v) is 2.16. The van der Waals surface area contributed by atoms with E-state index in [2.05, 4.69) is 25.5 Å². The molecule has 2 aromatic carbocycles. The van der Waals surface area contributed by atoms with Gasteiger partial charge in [-0.2, -0.15) is 8.78 Å². The molecule has 2 nitrogen and oxygen atoms in total. The number of allylic oxidation sites excluding steroid dienone is 1. The first-order chi connectivity index (χ1) is 11.3. The fraction of sp³-hybridized carbons (Fsp3) is 0.250. The first-order valence-electron chi connectivity index (χ1n) is 7.63. The standard InChI is InChI=1S/C20H20F2O2/c1-20(2,3)16-9-4-14(5-10-16)6-13-18(23)15-7-11-17(12-8-15)24-19(21)22/h4-13,19H,1-3H3/b13-6+. The van der Waals surface area contributed by atoms with Crippen molar-refractivity contribution in [3.63, 3.8) is 0 Å². The number of carbonyl (C=O) groups excluding carboxylic acids is 1. The van der Waals surface area contributed by atoms with Gasteiger partial charge in [-0.1, -0.05) is 51.1 Å². The molecule has 24 heavy (non-hydrogen) atoms. The first-order valence-corrected chi connectivity index (χ1v) is 7.63. The molecule has 0 atom stereocenters. The zero-order chi connectivity index (χ0) is 17.7. The normalized spacial score (nSPS) is 11.9. The zero-order valence-electron chi connectivity index (χ0n) is 13.9. The summed E-state index contributed by atoms with van der Waals surface area (Å²) >= 11 is 0. The van der Waals surface area contributed by atoms with E-state index in [4.69, 9.17) is 0 Å². The van der Waals surface area contributed by atoms with E-state index in [-0.39, 0.29) is 16.9 Å². The first kappa shape index (κ1) is 17.9. The lowest BCUT2D eigenvalue weighted by atomic mass is 9.87. The van der Waals surface area contributed by atoms with Crippen molar-refractivity contribution >= 4 is 11.9 Å². The average molecular weight is 330 g/mol. The molecule has 2 rings (SSSR count). The summed E-state index contributed by atoms with van der Waals surface area (Å²) < 4.78 is 28.4. The quantitative estimate of drug-likeness (QED) is 0.536. The monoisotopic (exact) mass is 330 g/mol. The highest BCUT2D eigenvalue weighted by Gasteiger charge is 2.12. The van der Waals surface area contributed by atoms with Crippen molar-refractivity contribution in [3.8, 4) is 5.75 Å². The molecule has 0 heterocycles. The molecule has 0 N–H and O–H groups in total. The number of halogens is 2. The van der Waals surface area contributed by atoms with Gasteiger partial charge in [0.25, 0.3) is 0 Å².